The molecule has 0 saturated carbocycles. The van der Waals surface area contributed by atoms with Gasteiger partial charge in [0.25, 0.3) is 0 Å². The van der Waals surface area contributed by atoms with Crippen molar-refractivity contribution in [2.45, 2.75) is 26.2 Å². The van der Waals surface area contributed by atoms with Crippen molar-refractivity contribution in [3.05, 3.63) is 30.1 Å². The highest BCUT2D eigenvalue weighted by Crippen LogP contribution is 2.09. The van der Waals surface area contributed by atoms with E-state index in [1.54, 1.807) is 13.1 Å². The first kappa shape index (κ1) is 15.1. The van der Waals surface area contributed by atoms with Gasteiger partial charge in [-0.1, -0.05) is 19.4 Å². The minimum absolute atomic E-state index is 0.225. The Labute approximate surface area is 112 Å². The molecule has 104 valence electrons. The Bertz CT molecular complexity index is 449. The number of hydrogen-bond acceptors (Lipinski definition) is 2. The minimum Gasteiger partial charge on any atom is -0.345 e. The molecule has 1 N–H and O–H groups in total. The molecule has 19 heavy (non-hydrogen) atoms. The van der Waals surface area contributed by atoms with Gasteiger partial charge in [0.2, 0.25) is 11.8 Å². The molecule has 0 aliphatic heterocycles. The van der Waals surface area contributed by atoms with Crippen molar-refractivity contribution in [3.63, 3.8) is 0 Å². The number of nitrogens with zero attached hydrogens (tertiary/aromatic N) is 1. The molecule has 0 saturated heterocycles. The third kappa shape index (κ3) is 5.50. The van der Waals surface area contributed by atoms with Crippen LogP contribution in [0.2, 0.25) is 0 Å². The summed E-state index contributed by atoms with van der Waals surface area (Å²) in [7, 11) is 1.67. The molecule has 0 radical (unpaired) electrons. The van der Waals surface area contributed by atoms with Crippen LogP contribution in [0, 0.1) is 5.82 Å². The van der Waals surface area contributed by atoms with Crippen LogP contribution in [0.15, 0.2) is 24.3 Å². The lowest BCUT2D eigenvalue weighted by molar-refractivity contribution is -0.133. The summed E-state index contributed by atoms with van der Waals surface area (Å²) in [6, 6.07) is 5.58. The second-order valence-corrected chi connectivity index (χ2v) is 4.40. The van der Waals surface area contributed by atoms with E-state index in [1.807, 2.05) is 6.92 Å². The molecule has 0 aliphatic rings. The van der Waals surface area contributed by atoms with E-state index in [1.165, 1.54) is 23.1 Å². The molecule has 1 aromatic carbocycles. The molecule has 0 aliphatic carbocycles. The van der Waals surface area contributed by atoms with Crippen molar-refractivity contribution in [2.75, 3.05) is 18.9 Å². The molecule has 0 heterocycles. The molecule has 0 aromatic heterocycles. The van der Waals surface area contributed by atoms with Crippen LogP contribution in [0.4, 0.5) is 10.1 Å². The number of hydrogen-bond donors (Lipinski definition) is 1. The fraction of sp³-hybridized carbons (Fsp3) is 0.429. The standard InChI is InChI=1S/C14H19FN2O2/c1-3-4-8-17(2)14(19)10-13(18)16-12-7-5-6-11(15)9-12/h5-7,9H,3-4,8,10H2,1-2H3,(H,16,18). The second-order valence-electron chi connectivity index (χ2n) is 4.40. The fourth-order valence-electron chi connectivity index (χ4n) is 1.56. The van der Waals surface area contributed by atoms with Crippen LogP contribution in [-0.2, 0) is 9.59 Å². The lowest BCUT2D eigenvalue weighted by atomic mass is 10.2. The number of nitrogens with one attached hydrogen (secondary N) is 1. The Morgan fingerprint density at radius 2 is 2.11 bits per heavy atom. The summed E-state index contributed by atoms with van der Waals surface area (Å²) in [6.45, 7) is 2.68. The monoisotopic (exact) mass is 266 g/mol. The number of halogens is 1. The van der Waals surface area contributed by atoms with Crippen molar-refractivity contribution >= 4 is 17.5 Å². The van der Waals surface area contributed by atoms with E-state index in [0.717, 1.165) is 12.8 Å². The van der Waals surface area contributed by atoms with E-state index in [0.29, 0.717) is 12.2 Å². The zero-order valence-corrected chi connectivity index (χ0v) is 11.3. The first-order valence-electron chi connectivity index (χ1n) is 6.32. The van der Waals surface area contributed by atoms with Crippen LogP contribution in [-0.4, -0.2) is 30.3 Å². The van der Waals surface area contributed by atoms with Gasteiger partial charge in [-0.15, -0.1) is 0 Å². The van der Waals surface area contributed by atoms with Gasteiger partial charge in [-0.25, -0.2) is 4.39 Å². The fourth-order valence-corrected chi connectivity index (χ4v) is 1.56. The summed E-state index contributed by atoms with van der Waals surface area (Å²) >= 11 is 0. The first-order valence-corrected chi connectivity index (χ1v) is 6.32. The van der Waals surface area contributed by atoms with Gasteiger partial charge in [-0.05, 0) is 24.6 Å². The number of amides is 2. The van der Waals surface area contributed by atoms with Crippen LogP contribution in [0.5, 0.6) is 0 Å². The molecule has 5 heteroatoms. The Morgan fingerprint density at radius 3 is 2.74 bits per heavy atom. The van der Waals surface area contributed by atoms with E-state index in [-0.39, 0.29) is 12.3 Å². The average Bonchev–Trinajstić information content (AvgIpc) is 2.35. The molecule has 2 amide bonds. The van der Waals surface area contributed by atoms with Gasteiger partial charge in [-0.3, -0.25) is 9.59 Å². The molecule has 0 unspecified atom stereocenters. The number of anilines is 1. The highest BCUT2D eigenvalue weighted by molar-refractivity contribution is 6.03. The van der Waals surface area contributed by atoms with Crippen molar-refractivity contribution < 1.29 is 14.0 Å². The quantitative estimate of drug-likeness (QED) is 0.804. The van der Waals surface area contributed by atoms with Gasteiger partial charge >= 0.3 is 0 Å². The highest BCUT2D eigenvalue weighted by Gasteiger charge is 2.13. The molecule has 0 atom stereocenters. The normalized spacial score (nSPS) is 10.1. The van der Waals surface area contributed by atoms with Crippen LogP contribution < -0.4 is 5.32 Å². The first-order chi connectivity index (χ1) is 9.02. The van der Waals surface area contributed by atoms with Crippen molar-refractivity contribution in [3.8, 4) is 0 Å². The number of rotatable bonds is 6. The van der Waals surface area contributed by atoms with Crippen LogP contribution in [0.3, 0.4) is 0 Å². The zero-order valence-electron chi connectivity index (χ0n) is 11.3. The lowest BCUT2D eigenvalue weighted by Crippen LogP contribution is -2.31. The Hall–Kier alpha value is -1.91. The maximum absolute atomic E-state index is 12.9. The van der Waals surface area contributed by atoms with E-state index in [9.17, 15) is 14.0 Å². The number of carbonyl (C=O) groups is 2. The summed E-state index contributed by atoms with van der Waals surface area (Å²) < 4.78 is 12.9. The third-order valence-corrected chi connectivity index (χ3v) is 2.69. The van der Waals surface area contributed by atoms with Crippen molar-refractivity contribution in [1.82, 2.24) is 4.90 Å². The van der Waals surface area contributed by atoms with Gasteiger partial charge in [0.15, 0.2) is 0 Å². The summed E-state index contributed by atoms with van der Waals surface area (Å²) in [5.41, 5.74) is 0.356. The zero-order chi connectivity index (χ0) is 14.3. The van der Waals surface area contributed by atoms with E-state index < -0.39 is 11.7 Å². The molecular formula is C14H19FN2O2. The Kier molecular flexibility index (Phi) is 5.99. The number of unbranched alkanes of at least 4 members (excludes halogenated alkanes) is 1. The van der Waals surface area contributed by atoms with E-state index >= 15 is 0 Å². The average molecular weight is 266 g/mol. The summed E-state index contributed by atoms with van der Waals surface area (Å²) in [5, 5.41) is 2.50. The Morgan fingerprint density at radius 1 is 1.37 bits per heavy atom. The molecule has 1 rings (SSSR count). The van der Waals surface area contributed by atoms with Gasteiger partial charge in [0.1, 0.15) is 12.2 Å². The predicted molar refractivity (Wildman–Crippen MR) is 72.2 cm³/mol. The van der Waals surface area contributed by atoms with Crippen LogP contribution >= 0.6 is 0 Å². The molecule has 0 bridgehead atoms. The van der Waals surface area contributed by atoms with Gasteiger partial charge in [0, 0.05) is 19.3 Å². The Balaban J connectivity index is 2.44. The summed E-state index contributed by atoms with van der Waals surface area (Å²) in [6.07, 6.45) is 1.68. The van der Waals surface area contributed by atoms with Crippen LogP contribution in [0.25, 0.3) is 0 Å². The molecule has 1 aromatic rings. The number of benzene rings is 1. The van der Waals surface area contributed by atoms with Crippen molar-refractivity contribution in [1.29, 1.82) is 0 Å². The minimum atomic E-state index is -0.432. The van der Waals surface area contributed by atoms with Gasteiger partial charge in [-0.2, -0.15) is 0 Å². The van der Waals surface area contributed by atoms with Gasteiger partial charge < -0.3 is 10.2 Å². The van der Waals surface area contributed by atoms with E-state index in [4.69, 9.17) is 0 Å². The maximum Gasteiger partial charge on any atom is 0.233 e. The second kappa shape index (κ2) is 7.51. The molecule has 0 fully saturated rings. The van der Waals surface area contributed by atoms with Crippen LogP contribution in [0.1, 0.15) is 26.2 Å². The SMILES string of the molecule is CCCCN(C)C(=O)CC(=O)Nc1cccc(F)c1. The largest absolute Gasteiger partial charge is 0.345 e. The highest BCUT2D eigenvalue weighted by atomic mass is 19.1. The summed E-state index contributed by atoms with van der Waals surface area (Å²) in [4.78, 5) is 24.9. The summed E-state index contributed by atoms with van der Waals surface area (Å²) in [5.74, 6) is -1.09. The third-order valence-electron chi connectivity index (χ3n) is 2.69. The molecular weight excluding hydrogens is 247 g/mol. The van der Waals surface area contributed by atoms with Crippen molar-refractivity contribution in [2.24, 2.45) is 0 Å². The lowest BCUT2D eigenvalue weighted by Gasteiger charge is -2.16. The number of carbonyl (C=O) groups excluding carboxylic acids is 2. The van der Waals surface area contributed by atoms with Gasteiger partial charge in [0.05, 0.1) is 0 Å². The smallest absolute Gasteiger partial charge is 0.233 e. The van der Waals surface area contributed by atoms with E-state index in [2.05, 4.69) is 5.32 Å². The maximum atomic E-state index is 12.9. The molecule has 0 spiro atoms. The topological polar surface area (TPSA) is 49.4 Å². The molecule has 4 nitrogen and oxygen atoms in total. The predicted octanol–water partition coefficient (Wildman–Crippen LogP) is 2.41.